The summed E-state index contributed by atoms with van der Waals surface area (Å²) in [6.45, 7) is 7.69. The lowest BCUT2D eigenvalue weighted by molar-refractivity contribution is -0.140. The summed E-state index contributed by atoms with van der Waals surface area (Å²) in [5.41, 5.74) is 1.37. The average molecular weight is 379 g/mol. The fourth-order valence-electron chi connectivity index (χ4n) is 3.63. The number of nitrogens with zero attached hydrogens (tertiary/aromatic N) is 3. The second-order valence-electron chi connectivity index (χ2n) is 7.08. The third-order valence-corrected chi connectivity index (χ3v) is 6.06. The summed E-state index contributed by atoms with van der Waals surface area (Å²) in [5, 5.41) is 7.83. The van der Waals surface area contributed by atoms with Crippen molar-refractivity contribution in [3.63, 3.8) is 0 Å². The molecular weight excluding hydrogens is 348 g/mol. The highest BCUT2D eigenvalue weighted by molar-refractivity contribution is 7.07. The number of carbonyl (C=O) groups is 1. The number of rotatable bonds is 4. The molecule has 7 heteroatoms. The molecule has 0 aromatic carbocycles. The smallest absolute Gasteiger partial charge is 0.225 e. The molecule has 1 aromatic heterocycles. The molecule has 26 heavy (non-hydrogen) atoms. The van der Waals surface area contributed by atoms with Crippen LogP contribution < -0.4 is 5.32 Å². The van der Waals surface area contributed by atoms with Gasteiger partial charge in [0.2, 0.25) is 5.91 Å². The minimum absolute atomic E-state index is 0.146. The number of amides is 1. The molecule has 2 aliphatic rings. The van der Waals surface area contributed by atoms with Gasteiger partial charge in [-0.05, 0) is 41.1 Å². The summed E-state index contributed by atoms with van der Waals surface area (Å²) in [6, 6.07) is 2.18. The van der Waals surface area contributed by atoms with Crippen LogP contribution in [0.3, 0.4) is 0 Å². The lowest BCUT2D eigenvalue weighted by Gasteiger charge is -2.37. The molecule has 1 aromatic rings. The van der Waals surface area contributed by atoms with Gasteiger partial charge in [0.05, 0.1) is 13.2 Å². The van der Waals surface area contributed by atoms with E-state index in [-0.39, 0.29) is 5.92 Å². The van der Waals surface area contributed by atoms with E-state index in [1.165, 1.54) is 5.56 Å². The van der Waals surface area contributed by atoms with E-state index in [0.29, 0.717) is 25.0 Å². The van der Waals surface area contributed by atoms with Crippen molar-refractivity contribution >= 4 is 23.2 Å². The van der Waals surface area contributed by atoms with Crippen molar-refractivity contribution in [3.8, 4) is 0 Å². The number of morpholine rings is 1. The summed E-state index contributed by atoms with van der Waals surface area (Å²) in [4.78, 5) is 21.4. The third-order valence-electron chi connectivity index (χ3n) is 5.36. The fourth-order valence-corrected chi connectivity index (χ4v) is 4.41. The maximum atomic E-state index is 12.7. The minimum atomic E-state index is 0.146. The molecule has 6 nitrogen and oxygen atoms in total. The van der Waals surface area contributed by atoms with Crippen molar-refractivity contribution in [2.45, 2.75) is 25.7 Å². The van der Waals surface area contributed by atoms with Crippen LogP contribution in [0.5, 0.6) is 0 Å². The lowest BCUT2D eigenvalue weighted by Crippen LogP contribution is -2.50. The Bertz CT molecular complexity index is 591. The Morgan fingerprint density at radius 1 is 1.31 bits per heavy atom. The van der Waals surface area contributed by atoms with E-state index >= 15 is 0 Å². The summed E-state index contributed by atoms with van der Waals surface area (Å²) in [7, 11) is 1.84. The van der Waals surface area contributed by atoms with Gasteiger partial charge in [-0.2, -0.15) is 11.3 Å². The molecule has 0 spiro atoms. The zero-order valence-electron chi connectivity index (χ0n) is 15.8. The Labute approximate surface area is 160 Å². The van der Waals surface area contributed by atoms with Crippen molar-refractivity contribution in [2.75, 3.05) is 53.0 Å². The predicted octanol–water partition coefficient (Wildman–Crippen LogP) is 2.00. The fraction of sp³-hybridized carbons (Fsp3) is 0.684. The molecule has 1 unspecified atom stereocenters. The molecule has 2 aliphatic heterocycles. The molecule has 1 atom stereocenters. The third kappa shape index (κ3) is 4.76. The van der Waals surface area contributed by atoms with Crippen molar-refractivity contribution < 1.29 is 9.53 Å². The molecule has 0 bridgehead atoms. The number of piperidine rings is 1. The van der Waals surface area contributed by atoms with E-state index in [0.717, 1.165) is 51.5 Å². The van der Waals surface area contributed by atoms with Gasteiger partial charge in [0, 0.05) is 45.7 Å². The van der Waals surface area contributed by atoms with Crippen molar-refractivity contribution in [2.24, 2.45) is 10.9 Å². The van der Waals surface area contributed by atoms with Crippen LogP contribution in [0.1, 0.15) is 31.2 Å². The first kappa shape index (κ1) is 19.2. The first-order valence-corrected chi connectivity index (χ1v) is 10.5. The Morgan fingerprint density at radius 3 is 2.65 bits per heavy atom. The van der Waals surface area contributed by atoms with Gasteiger partial charge in [0.25, 0.3) is 0 Å². The number of likely N-dealkylation sites (tertiary alicyclic amines) is 1. The molecule has 0 saturated carbocycles. The van der Waals surface area contributed by atoms with Crippen LogP contribution in [-0.4, -0.2) is 74.7 Å². The van der Waals surface area contributed by atoms with Crippen LogP contribution in [0.25, 0.3) is 0 Å². The maximum Gasteiger partial charge on any atom is 0.225 e. The van der Waals surface area contributed by atoms with Gasteiger partial charge < -0.3 is 19.9 Å². The Morgan fingerprint density at radius 2 is 2.04 bits per heavy atom. The zero-order chi connectivity index (χ0) is 18.4. The van der Waals surface area contributed by atoms with Gasteiger partial charge >= 0.3 is 0 Å². The van der Waals surface area contributed by atoms with E-state index in [2.05, 4.69) is 39.0 Å². The standard InChI is InChI=1S/C19H30N4O2S/c1-15(17-5-12-26-14-17)13-21-19(20-2)23-6-3-16(4-7-23)18(24)22-8-10-25-11-9-22/h5,12,14-16H,3-4,6-11,13H2,1-2H3,(H,20,21). The highest BCUT2D eigenvalue weighted by Gasteiger charge is 2.30. The van der Waals surface area contributed by atoms with Crippen LogP contribution in [0.4, 0.5) is 0 Å². The van der Waals surface area contributed by atoms with Crippen molar-refractivity contribution in [3.05, 3.63) is 22.4 Å². The number of aliphatic imine (C=N–C) groups is 1. The van der Waals surface area contributed by atoms with E-state index in [9.17, 15) is 4.79 Å². The Kier molecular flexibility index (Phi) is 6.91. The van der Waals surface area contributed by atoms with Crippen LogP contribution in [0.15, 0.2) is 21.8 Å². The van der Waals surface area contributed by atoms with Crippen LogP contribution in [-0.2, 0) is 9.53 Å². The lowest BCUT2D eigenvalue weighted by atomic mass is 9.95. The van der Waals surface area contributed by atoms with E-state index < -0.39 is 0 Å². The van der Waals surface area contributed by atoms with E-state index in [1.807, 2.05) is 11.9 Å². The van der Waals surface area contributed by atoms with Crippen LogP contribution in [0, 0.1) is 5.92 Å². The summed E-state index contributed by atoms with van der Waals surface area (Å²) >= 11 is 1.74. The first-order valence-electron chi connectivity index (χ1n) is 9.53. The van der Waals surface area contributed by atoms with E-state index in [1.54, 1.807) is 11.3 Å². The number of guanidine groups is 1. The van der Waals surface area contributed by atoms with Crippen molar-refractivity contribution in [1.82, 2.24) is 15.1 Å². The maximum absolute atomic E-state index is 12.7. The van der Waals surface area contributed by atoms with Gasteiger partial charge in [-0.25, -0.2) is 0 Å². The van der Waals surface area contributed by atoms with Gasteiger partial charge in [-0.3, -0.25) is 9.79 Å². The first-order chi connectivity index (χ1) is 12.7. The summed E-state index contributed by atoms with van der Waals surface area (Å²) in [5.74, 6) is 1.86. The molecular formula is C19H30N4O2S. The van der Waals surface area contributed by atoms with Crippen molar-refractivity contribution in [1.29, 1.82) is 0 Å². The normalized spacial score (nSPS) is 20.9. The van der Waals surface area contributed by atoms with Gasteiger partial charge in [-0.1, -0.05) is 6.92 Å². The molecule has 2 fully saturated rings. The monoisotopic (exact) mass is 378 g/mol. The summed E-state index contributed by atoms with van der Waals surface area (Å²) in [6.07, 6.45) is 1.80. The van der Waals surface area contributed by atoms with Gasteiger partial charge in [0.15, 0.2) is 5.96 Å². The topological polar surface area (TPSA) is 57.2 Å². The Hall–Kier alpha value is -1.60. The molecule has 0 radical (unpaired) electrons. The number of hydrogen-bond donors (Lipinski definition) is 1. The molecule has 1 N–H and O–H groups in total. The number of hydrogen-bond acceptors (Lipinski definition) is 4. The molecule has 2 saturated heterocycles. The number of nitrogens with one attached hydrogen (secondary N) is 1. The number of carbonyl (C=O) groups excluding carboxylic acids is 1. The van der Waals surface area contributed by atoms with Gasteiger partial charge in [-0.15, -0.1) is 0 Å². The SMILES string of the molecule is CN=C(NCC(C)c1ccsc1)N1CCC(C(=O)N2CCOCC2)CC1. The second kappa shape index (κ2) is 9.37. The largest absolute Gasteiger partial charge is 0.378 e. The molecule has 0 aliphatic carbocycles. The Balaban J connectivity index is 1.45. The quantitative estimate of drug-likeness (QED) is 0.643. The molecule has 1 amide bonds. The average Bonchev–Trinajstić information content (AvgIpc) is 3.24. The van der Waals surface area contributed by atoms with E-state index in [4.69, 9.17) is 4.74 Å². The van der Waals surface area contributed by atoms with Gasteiger partial charge in [0.1, 0.15) is 0 Å². The zero-order valence-corrected chi connectivity index (χ0v) is 16.6. The predicted molar refractivity (Wildman–Crippen MR) is 106 cm³/mol. The molecule has 144 valence electrons. The number of thiophene rings is 1. The van der Waals surface area contributed by atoms with Crippen LogP contribution in [0.2, 0.25) is 0 Å². The highest BCUT2D eigenvalue weighted by Crippen LogP contribution is 2.21. The molecule has 3 heterocycles. The molecule has 3 rings (SSSR count). The van der Waals surface area contributed by atoms with Crippen LogP contribution >= 0.6 is 11.3 Å². The highest BCUT2D eigenvalue weighted by atomic mass is 32.1. The minimum Gasteiger partial charge on any atom is -0.378 e. The second-order valence-corrected chi connectivity index (χ2v) is 7.86. The summed E-state index contributed by atoms with van der Waals surface area (Å²) < 4.78 is 5.35. The number of ether oxygens (including phenoxy) is 1.